The van der Waals surface area contributed by atoms with Crippen molar-refractivity contribution in [3.05, 3.63) is 0 Å². The third kappa shape index (κ3) is 8.52. The van der Waals surface area contributed by atoms with Crippen molar-refractivity contribution in [2.75, 3.05) is 19.6 Å². The molecule has 0 aromatic heterocycles. The average molecular weight is 200 g/mol. The lowest BCUT2D eigenvalue weighted by Gasteiger charge is -2.25. The maximum Gasteiger partial charge on any atom is -0.000826 e. The third-order valence-electron chi connectivity index (χ3n) is 2.37. The highest BCUT2D eigenvalue weighted by Gasteiger charge is 2.16. The minimum Gasteiger partial charge on any atom is -0.330 e. The van der Waals surface area contributed by atoms with Crippen LogP contribution in [0.3, 0.4) is 0 Å². The Bertz CT molecular complexity index is 127. The van der Waals surface area contributed by atoms with Gasteiger partial charge >= 0.3 is 0 Å². The molecule has 0 saturated heterocycles. The Morgan fingerprint density at radius 3 is 2.36 bits per heavy atom. The second-order valence-corrected chi connectivity index (χ2v) is 5.42. The predicted octanol–water partition coefficient (Wildman–Crippen LogP) is 2.39. The third-order valence-corrected chi connectivity index (χ3v) is 2.37. The molecule has 2 nitrogen and oxygen atoms in total. The summed E-state index contributed by atoms with van der Waals surface area (Å²) >= 11 is 0. The predicted molar refractivity (Wildman–Crippen MR) is 64.4 cm³/mol. The molecule has 0 aromatic carbocycles. The van der Waals surface area contributed by atoms with Crippen LogP contribution in [0.25, 0.3) is 0 Å². The lowest BCUT2D eigenvalue weighted by molar-refractivity contribution is 0.290. The highest BCUT2D eigenvalue weighted by Crippen LogP contribution is 2.23. The second kappa shape index (κ2) is 7.24. The number of unbranched alkanes of at least 4 members (excludes halogenated alkanes) is 1. The van der Waals surface area contributed by atoms with E-state index in [4.69, 9.17) is 5.73 Å². The van der Waals surface area contributed by atoms with Crippen molar-refractivity contribution >= 4 is 0 Å². The highest BCUT2D eigenvalue weighted by atomic mass is 14.9. The standard InChI is InChI=1S/C12H28N2/c1-5-6-7-14-10-11(9-13)8-12(2,3)4/h11,14H,5-10,13H2,1-4H3. The molecule has 0 saturated carbocycles. The SMILES string of the molecule is CCCCNCC(CN)CC(C)(C)C. The summed E-state index contributed by atoms with van der Waals surface area (Å²) in [5, 5.41) is 3.48. The topological polar surface area (TPSA) is 38.0 Å². The summed E-state index contributed by atoms with van der Waals surface area (Å²) in [6.07, 6.45) is 3.75. The van der Waals surface area contributed by atoms with Gasteiger partial charge in [0.05, 0.1) is 0 Å². The Labute approximate surface area is 89.6 Å². The van der Waals surface area contributed by atoms with Crippen LogP contribution >= 0.6 is 0 Å². The molecular formula is C12H28N2. The van der Waals surface area contributed by atoms with Crippen molar-refractivity contribution in [2.45, 2.75) is 47.0 Å². The second-order valence-electron chi connectivity index (χ2n) is 5.42. The van der Waals surface area contributed by atoms with Crippen LogP contribution in [0.2, 0.25) is 0 Å². The number of hydrogen-bond donors (Lipinski definition) is 2. The van der Waals surface area contributed by atoms with E-state index in [1.54, 1.807) is 0 Å². The Morgan fingerprint density at radius 1 is 1.29 bits per heavy atom. The molecule has 0 rings (SSSR count). The molecule has 0 heterocycles. The van der Waals surface area contributed by atoms with Gasteiger partial charge in [-0.1, -0.05) is 34.1 Å². The van der Waals surface area contributed by atoms with Gasteiger partial charge in [-0.15, -0.1) is 0 Å². The maximum absolute atomic E-state index is 5.75. The van der Waals surface area contributed by atoms with Crippen LogP contribution in [-0.2, 0) is 0 Å². The van der Waals surface area contributed by atoms with Gasteiger partial charge in [0.25, 0.3) is 0 Å². The van der Waals surface area contributed by atoms with Crippen LogP contribution in [0.15, 0.2) is 0 Å². The van der Waals surface area contributed by atoms with E-state index in [9.17, 15) is 0 Å². The molecule has 86 valence electrons. The van der Waals surface area contributed by atoms with E-state index in [-0.39, 0.29) is 0 Å². The molecule has 1 atom stereocenters. The number of nitrogens with one attached hydrogen (secondary N) is 1. The van der Waals surface area contributed by atoms with Crippen LogP contribution in [0.5, 0.6) is 0 Å². The lowest BCUT2D eigenvalue weighted by Crippen LogP contribution is -2.31. The molecule has 14 heavy (non-hydrogen) atoms. The number of nitrogens with two attached hydrogens (primary N) is 1. The molecule has 1 unspecified atom stereocenters. The molecule has 0 amide bonds. The number of rotatable bonds is 7. The van der Waals surface area contributed by atoms with Crippen molar-refractivity contribution in [2.24, 2.45) is 17.1 Å². The van der Waals surface area contributed by atoms with Crippen LogP contribution in [-0.4, -0.2) is 19.6 Å². The molecule has 2 heteroatoms. The van der Waals surface area contributed by atoms with Gasteiger partial charge < -0.3 is 11.1 Å². The first-order chi connectivity index (χ1) is 6.49. The van der Waals surface area contributed by atoms with E-state index in [2.05, 4.69) is 33.0 Å². The van der Waals surface area contributed by atoms with Gasteiger partial charge in [-0.25, -0.2) is 0 Å². The molecule has 0 aliphatic rings. The van der Waals surface area contributed by atoms with Crippen molar-refractivity contribution in [1.82, 2.24) is 5.32 Å². The smallest absolute Gasteiger partial charge is 0.000826 e. The molecule has 0 radical (unpaired) electrons. The normalized spacial score (nSPS) is 14.4. The molecule has 0 fully saturated rings. The fraction of sp³-hybridized carbons (Fsp3) is 1.00. The monoisotopic (exact) mass is 200 g/mol. The lowest BCUT2D eigenvalue weighted by atomic mass is 9.84. The first-order valence-electron chi connectivity index (χ1n) is 5.90. The maximum atomic E-state index is 5.75. The molecular weight excluding hydrogens is 172 g/mol. The van der Waals surface area contributed by atoms with Crippen LogP contribution < -0.4 is 11.1 Å². The quantitative estimate of drug-likeness (QED) is 0.619. The van der Waals surface area contributed by atoms with Crippen LogP contribution in [0, 0.1) is 11.3 Å². The Morgan fingerprint density at radius 2 is 1.93 bits per heavy atom. The first-order valence-corrected chi connectivity index (χ1v) is 5.90. The summed E-state index contributed by atoms with van der Waals surface area (Å²) in [6.45, 7) is 12.1. The molecule has 3 N–H and O–H groups in total. The Kier molecular flexibility index (Phi) is 7.20. The Balaban J connectivity index is 3.58. The van der Waals surface area contributed by atoms with E-state index >= 15 is 0 Å². The Hall–Kier alpha value is -0.0800. The van der Waals surface area contributed by atoms with Gasteiger partial charge in [0.1, 0.15) is 0 Å². The molecule has 0 aliphatic heterocycles. The fourth-order valence-electron chi connectivity index (χ4n) is 1.71. The highest BCUT2D eigenvalue weighted by molar-refractivity contribution is 4.71. The van der Waals surface area contributed by atoms with Crippen molar-refractivity contribution < 1.29 is 0 Å². The van der Waals surface area contributed by atoms with E-state index in [1.165, 1.54) is 19.3 Å². The molecule has 0 aromatic rings. The summed E-state index contributed by atoms with van der Waals surface area (Å²) in [5.41, 5.74) is 6.15. The van der Waals surface area contributed by atoms with Crippen molar-refractivity contribution in [3.8, 4) is 0 Å². The number of hydrogen-bond acceptors (Lipinski definition) is 2. The van der Waals surface area contributed by atoms with Gasteiger partial charge in [0.2, 0.25) is 0 Å². The van der Waals surface area contributed by atoms with E-state index in [0.29, 0.717) is 11.3 Å². The van der Waals surface area contributed by atoms with Gasteiger partial charge in [-0.05, 0) is 43.8 Å². The van der Waals surface area contributed by atoms with E-state index < -0.39 is 0 Å². The summed E-state index contributed by atoms with van der Waals surface area (Å²) in [7, 11) is 0. The summed E-state index contributed by atoms with van der Waals surface area (Å²) in [5.74, 6) is 0.631. The summed E-state index contributed by atoms with van der Waals surface area (Å²) < 4.78 is 0. The zero-order valence-corrected chi connectivity index (χ0v) is 10.4. The molecule has 0 bridgehead atoms. The minimum atomic E-state index is 0.399. The zero-order valence-electron chi connectivity index (χ0n) is 10.4. The van der Waals surface area contributed by atoms with Gasteiger partial charge in [-0.3, -0.25) is 0 Å². The summed E-state index contributed by atoms with van der Waals surface area (Å²) in [4.78, 5) is 0. The van der Waals surface area contributed by atoms with Crippen LogP contribution in [0.4, 0.5) is 0 Å². The van der Waals surface area contributed by atoms with Gasteiger partial charge in [-0.2, -0.15) is 0 Å². The molecule has 0 aliphatic carbocycles. The minimum absolute atomic E-state index is 0.399. The summed E-state index contributed by atoms with van der Waals surface area (Å²) in [6, 6.07) is 0. The van der Waals surface area contributed by atoms with E-state index in [0.717, 1.165) is 19.6 Å². The van der Waals surface area contributed by atoms with Crippen molar-refractivity contribution in [1.29, 1.82) is 0 Å². The first kappa shape index (κ1) is 13.9. The molecule has 0 spiro atoms. The largest absolute Gasteiger partial charge is 0.330 e. The van der Waals surface area contributed by atoms with Crippen LogP contribution in [0.1, 0.15) is 47.0 Å². The fourth-order valence-corrected chi connectivity index (χ4v) is 1.71. The zero-order chi connectivity index (χ0) is 11.0. The van der Waals surface area contributed by atoms with Gasteiger partial charge in [0, 0.05) is 0 Å². The van der Waals surface area contributed by atoms with Gasteiger partial charge in [0.15, 0.2) is 0 Å². The van der Waals surface area contributed by atoms with Crippen molar-refractivity contribution in [3.63, 3.8) is 0 Å². The van der Waals surface area contributed by atoms with E-state index in [1.807, 2.05) is 0 Å². The average Bonchev–Trinajstić information content (AvgIpc) is 2.08.